The summed E-state index contributed by atoms with van der Waals surface area (Å²) in [5.74, 6) is -0.202. The third-order valence-electron chi connectivity index (χ3n) is 7.53. The van der Waals surface area contributed by atoms with Crippen molar-refractivity contribution in [1.29, 1.82) is 0 Å². The molecule has 2 N–H and O–H groups in total. The van der Waals surface area contributed by atoms with Crippen molar-refractivity contribution >= 4 is 11.8 Å². The highest BCUT2D eigenvalue weighted by Crippen LogP contribution is 2.61. The zero-order valence-electron chi connectivity index (χ0n) is 20.8. The minimum absolute atomic E-state index is 0.0700. The Morgan fingerprint density at radius 2 is 1.74 bits per heavy atom. The topological polar surface area (TPSA) is 64.7 Å². The largest absolute Gasteiger partial charge is 0.339 e. The van der Waals surface area contributed by atoms with E-state index in [9.17, 15) is 14.0 Å². The maximum absolute atomic E-state index is 13.3. The molecule has 2 aromatic carbocycles. The Morgan fingerprint density at radius 1 is 1.06 bits per heavy atom. The van der Waals surface area contributed by atoms with Crippen molar-refractivity contribution < 1.29 is 14.0 Å². The van der Waals surface area contributed by atoms with Gasteiger partial charge in [-0.05, 0) is 74.0 Å². The van der Waals surface area contributed by atoms with E-state index >= 15 is 0 Å². The van der Waals surface area contributed by atoms with Gasteiger partial charge in [-0.3, -0.25) is 9.59 Å². The molecule has 35 heavy (non-hydrogen) atoms. The number of halogens is 1. The summed E-state index contributed by atoms with van der Waals surface area (Å²) in [5.41, 5.74) is 2.11. The maximum atomic E-state index is 13.3. The Labute approximate surface area is 207 Å². The van der Waals surface area contributed by atoms with Crippen molar-refractivity contribution in [2.45, 2.75) is 38.1 Å². The highest BCUT2D eigenvalue weighted by molar-refractivity contribution is 5.97. The van der Waals surface area contributed by atoms with Crippen molar-refractivity contribution in [3.63, 3.8) is 0 Å². The SMILES string of the molecule is CN1CCN(C(=O)[C@H](CNCCCC2(C)C[C@H]2c2ccccc2)NC(=O)c2ccc(F)cc2)CC1. The minimum atomic E-state index is -0.662. The van der Waals surface area contributed by atoms with Crippen LogP contribution in [0.15, 0.2) is 54.6 Å². The van der Waals surface area contributed by atoms with E-state index in [1.807, 2.05) is 11.9 Å². The standard InChI is InChI=1S/C28H37FN4O2/c1-28(19-24(28)21-7-4-3-5-8-21)13-6-14-30-20-25(27(35)33-17-15-32(2)16-18-33)31-26(34)22-9-11-23(29)12-10-22/h3-5,7-12,24-25,30H,6,13-20H2,1-2H3,(H,31,34)/t24-,25-,28?/m0/s1. The number of hydrogen-bond donors (Lipinski definition) is 2. The van der Waals surface area contributed by atoms with Gasteiger partial charge < -0.3 is 20.4 Å². The molecular weight excluding hydrogens is 443 g/mol. The summed E-state index contributed by atoms with van der Waals surface area (Å²) in [6.07, 6.45) is 3.36. The lowest BCUT2D eigenvalue weighted by atomic mass is 9.96. The van der Waals surface area contributed by atoms with Gasteiger partial charge in [0.15, 0.2) is 0 Å². The number of hydrogen-bond acceptors (Lipinski definition) is 4. The number of carbonyl (C=O) groups excluding carboxylic acids is 2. The van der Waals surface area contributed by atoms with E-state index in [0.29, 0.717) is 36.5 Å². The summed E-state index contributed by atoms with van der Waals surface area (Å²) in [5, 5.41) is 6.28. The predicted octanol–water partition coefficient (Wildman–Crippen LogP) is 3.26. The average Bonchev–Trinajstić information content (AvgIpc) is 3.55. The quantitative estimate of drug-likeness (QED) is 0.513. The molecule has 0 radical (unpaired) electrons. The van der Waals surface area contributed by atoms with E-state index in [2.05, 4.69) is 52.8 Å². The van der Waals surface area contributed by atoms with Crippen LogP contribution in [-0.2, 0) is 4.79 Å². The second-order valence-electron chi connectivity index (χ2n) is 10.3. The molecule has 6 nitrogen and oxygen atoms in total. The fourth-order valence-electron chi connectivity index (χ4n) is 5.04. The lowest BCUT2D eigenvalue weighted by Gasteiger charge is -2.35. The zero-order chi connectivity index (χ0) is 24.8. The second kappa shape index (κ2) is 11.3. The lowest BCUT2D eigenvalue weighted by molar-refractivity contribution is -0.134. The summed E-state index contributed by atoms with van der Waals surface area (Å²) < 4.78 is 13.3. The summed E-state index contributed by atoms with van der Waals surface area (Å²) in [4.78, 5) is 30.0. The number of piperazine rings is 1. The zero-order valence-corrected chi connectivity index (χ0v) is 20.8. The molecule has 1 unspecified atom stereocenters. The molecule has 1 saturated heterocycles. The molecule has 1 heterocycles. The molecular formula is C28H37FN4O2. The molecule has 0 bridgehead atoms. The molecule has 2 aliphatic rings. The minimum Gasteiger partial charge on any atom is -0.339 e. The van der Waals surface area contributed by atoms with Crippen LogP contribution in [-0.4, -0.2) is 74.0 Å². The molecule has 1 aliphatic carbocycles. The summed E-state index contributed by atoms with van der Waals surface area (Å²) in [6.45, 7) is 6.45. The summed E-state index contributed by atoms with van der Waals surface area (Å²) in [7, 11) is 2.04. The third kappa shape index (κ3) is 6.67. The maximum Gasteiger partial charge on any atom is 0.251 e. The summed E-state index contributed by atoms with van der Waals surface area (Å²) in [6, 6.07) is 15.4. The van der Waals surface area contributed by atoms with E-state index in [4.69, 9.17) is 0 Å². The van der Waals surface area contributed by atoms with E-state index in [-0.39, 0.29) is 11.8 Å². The van der Waals surface area contributed by atoms with E-state index in [1.54, 1.807) is 0 Å². The number of amides is 2. The van der Waals surface area contributed by atoms with Gasteiger partial charge in [0, 0.05) is 38.3 Å². The Balaban J connectivity index is 1.29. The van der Waals surface area contributed by atoms with Gasteiger partial charge in [0.1, 0.15) is 11.9 Å². The van der Waals surface area contributed by atoms with Crippen LogP contribution in [0.2, 0.25) is 0 Å². The van der Waals surface area contributed by atoms with Gasteiger partial charge in [-0.15, -0.1) is 0 Å². The smallest absolute Gasteiger partial charge is 0.251 e. The first-order chi connectivity index (χ1) is 16.9. The molecule has 188 valence electrons. The average molecular weight is 481 g/mol. The van der Waals surface area contributed by atoms with Crippen molar-refractivity contribution in [3.8, 4) is 0 Å². The molecule has 0 aromatic heterocycles. The van der Waals surface area contributed by atoms with E-state index in [0.717, 1.165) is 32.5 Å². The van der Waals surface area contributed by atoms with Gasteiger partial charge in [0.05, 0.1) is 0 Å². The van der Waals surface area contributed by atoms with E-state index in [1.165, 1.54) is 36.2 Å². The molecule has 7 heteroatoms. The first kappa shape index (κ1) is 25.3. The first-order valence-electron chi connectivity index (χ1n) is 12.7. The van der Waals surface area contributed by atoms with Crippen LogP contribution in [0.1, 0.15) is 48.0 Å². The van der Waals surface area contributed by atoms with Crippen LogP contribution in [0.25, 0.3) is 0 Å². The number of carbonyl (C=O) groups is 2. The monoisotopic (exact) mass is 480 g/mol. The van der Waals surface area contributed by atoms with Gasteiger partial charge in [-0.2, -0.15) is 0 Å². The fraction of sp³-hybridized carbons (Fsp3) is 0.500. The Kier molecular flexibility index (Phi) is 8.19. The van der Waals surface area contributed by atoms with Crippen LogP contribution in [0, 0.1) is 11.2 Å². The molecule has 2 amide bonds. The van der Waals surface area contributed by atoms with Crippen molar-refractivity contribution in [3.05, 3.63) is 71.5 Å². The number of nitrogens with zero attached hydrogens (tertiary/aromatic N) is 2. The molecule has 3 atom stereocenters. The molecule has 4 rings (SSSR count). The Bertz CT molecular complexity index is 992. The van der Waals surface area contributed by atoms with Gasteiger partial charge >= 0.3 is 0 Å². The molecule has 0 spiro atoms. The normalized spacial score (nSPS) is 23.1. The number of nitrogens with one attached hydrogen (secondary N) is 2. The lowest BCUT2D eigenvalue weighted by Crippen LogP contribution is -2.57. The highest BCUT2D eigenvalue weighted by Gasteiger charge is 2.49. The van der Waals surface area contributed by atoms with Crippen LogP contribution in [0.5, 0.6) is 0 Å². The Morgan fingerprint density at radius 3 is 2.43 bits per heavy atom. The molecule has 1 saturated carbocycles. The Hall–Kier alpha value is -2.77. The molecule has 2 aromatic rings. The number of benzene rings is 2. The number of likely N-dealkylation sites (N-methyl/N-ethyl adjacent to an activating group) is 1. The van der Waals surface area contributed by atoms with Crippen molar-refractivity contribution in [2.75, 3.05) is 46.3 Å². The molecule has 2 fully saturated rings. The third-order valence-corrected chi connectivity index (χ3v) is 7.53. The van der Waals surface area contributed by atoms with Crippen molar-refractivity contribution in [1.82, 2.24) is 20.4 Å². The van der Waals surface area contributed by atoms with Crippen molar-refractivity contribution in [2.24, 2.45) is 5.41 Å². The molecule has 1 aliphatic heterocycles. The number of rotatable bonds is 10. The highest BCUT2D eigenvalue weighted by atomic mass is 19.1. The van der Waals surface area contributed by atoms with Gasteiger partial charge in [0.2, 0.25) is 5.91 Å². The first-order valence-corrected chi connectivity index (χ1v) is 12.7. The van der Waals surface area contributed by atoms with Crippen LogP contribution < -0.4 is 10.6 Å². The van der Waals surface area contributed by atoms with Gasteiger partial charge in [0.25, 0.3) is 5.91 Å². The van der Waals surface area contributed by atoms with Gasteiger partial charge in [-0.25, -0.2) is 4.39 Å². The predicted molar refractivity (Wildman–Crippen MR) is 136 cm³/mol. The summed E-state index contributed by atoms with van der Waals surface area (Å²) >= 11 is 0. The second-order valence-corrected chi connectivity index (χ2v) is 10.3. The fourth-order valence-corrected chi connectivity index (χ4v) is 5.04. The van der Waals surface area contributed by atoms with Crippen LogP contribution in [0.4, 0.5) is 4.39 Å². The van der Waals surface area contributed by atoms with Crippen LogP contribution in [0.3, 0.4) is 0 Å². The van der Waals surface area contributed by atoms with Crippen LogP contribution >= 0.6 is 0 Å². The van der Waals surface area contributed by atoms with Gasteiger partial charge in [-0.1, -0.05) is 37.3 Å². The van der Waals surface area contributed by atoms with E-state index < -0.39 is 11.9 Å².